The van der Waals surface area contributed by atoms with Gasteiger partial charge in [0.25, 0.3) is 0 Å². The minimum Gasteiger partial charge on any atom is -0.335 e. The lowest BCUT2D eigenvalue weighted by Gasteiger charge is -2.31. The third kappa shape index (κ3) is 4.20. The van der Waals surface area contributed by atoms with Crippen LogP contribution in [0.5, 0.6) is 0 Å². The predicted octanol–water partition coefficient (Wildman–Crippen LogP) is 4.67. The van der Waals surface area contributed by atoms with Crippen molar-refractivity contribution in [1.82, 2.24) is 4.90 Å². The van der Waals surface area contributed by atoms with Crippen molar-refractivity contribution >= 4 is 5.91 Å². The molecule has 2 nitrogen and oxygen atoms in total. The molecule has 0 N–H and O–H groups in total. The highest BCUT2D eigenvalue weighted by molar-refractivity contribution is 5.77. The van der Waals surface area contributed by atoms with E-state index in [0.717, 1.165) is 11.1 Å². The minimum atomic E-state index is -0.0442. The largest absolute Gasteiger partial charge is 0.335 e. The molecule has 0 aromatic heterocycles. The van der Waals surface area contributed by atoms with Crippen LogP contribution in [0.25, 0.3) is 0 Å². The average Bonchev–Trinajstić information content (AvgIpc) is 2.48. The minimum absolute atomic E-state index is 0.0106. The Morgan fingerprint density at radius 2 is 1.32 bits per heavy atom. The maximum Gasteiger partial charge on any atom is 0.223 e. The number of hydrogen-bond acceptors (Lipinski definition) is 1. The van der Waals surface area contributed by atoms with Gasteiger partial charge < -0.3 is 4.90 Å². The zero-order valence-corrected chi connectivity index (χ0v) is 13.9. The molecule has 22 heavy (non-hydrogen) atoms. The van der Waals surface area contributed by atoms with E-state index in [1.54, 1.807) is 0 Å². The van der Waals surface area contributed by atoms with Crippen LogP contribution in [0.4, 0.5) is 0 Å². The van der Waals surface area contributed by atoms with Gasteiger partial charge in [-0.05, 0) is 16.5 Å². The third-order valence-electron chi connectivity index (χ3n) is 3.69. The Morgan fingerprint density at radius 1 is 0.909 bits per heavy atom. The second-order valence-corrected chi connectivity index (χ2v) is 6.97. The monoisotopic (exact) mass is 295 g/mol. The molecule has 0 heterocycles. The molecule has 1 amide bonds. The molecule has 0 unspecified atom stereocenters. The molecule has 0 aliphatic heterocycles. The van der Waals surface area contributed by atoms with Gasteiger partial charge in [0, 0.05) is 13.5 Å². The fourth-order valence-corrected chi connectivity index (χ4v) is 2.63. The highest BCUT2D eigenvalue weighted by Crippen LogP contribution is 2.30. The van der Waals surface area contributed by atoms with Crippen molar-refractivity contribution in [3.63, 3.8) is 0 Å². The van der Waals surface area contributed by atoms with Gasteiger partial charge in [-0.15, -0.1) is 0 Å². The van der Waals surface area contributed by atoms with Crippen molar-refractivity contribution in [3.05, 3.63) is 71.8 Å². The van der Waals surface area contributed by atoms with E-state index >= 15 is 0 Å². The Bertz CT molecular complexity index is 559. The van der Waals surface area contributed by atoms with Gasteiger partial charge >= 0.3 is 0 Å². The zero-order chi connectivity index (χ0) is 16.2. The summed E-state index contributed by atoms with van der Waals surface area (Å²) in [4.78, 5) is 14.5. The standard InChI is InChI=1S/C20H25NO/c1-20(2,3)15-18(22)21(4)19(16-11-7-5-8-12-16)17-13-9-6-10-14-17/h5-14,19H,15H2,1-4H3. The number of nitrogens with zero attached hydrogens (tertiary/aromatic N) is 1. The van der Waals surface area contributed by atoms with Crippen LogP contribution in [0, 0.1) is 5.41 Å². The smallest absolute Gasteiger partial charge is 0.223 e. The lowest BCUT2D eigenvalue weighted by molar-refractivity contribution is -0.133. The Kier molecular flexibility index (Phi) is 5.02. The first-order valence-corrected chi connectivity index (χ1v) is 7.74. The summed E-state index contributed by atoms with van der Waals surface area (Å²) in [6.45, 7) is 6.29. The van der Waals surface area contributed by atoms with E-state index in [-0.39, 0.29) is 17.4 Å². The Labute approximate surface area is 133 Å². The van der Waals surface area contributed by atoms with Gasteiger partial charge in [0.1, 0.15) is 0 Å². The number of amides is 1. The Morgan fingerprint density at radius 3 is 1.68 bits per heavy atom. The van der Waals surface area contributed by atoms with Gasteiger partial charge in [0.15, 0.2) is 0 Å². The zero-order valence-electron chi connectivity index (χ0n) is 13.9. The summed E-state index contributed by atoms with van der Waals surface area (Å²) >= 11 is 0. The molecule has 2 aromatic carbocycles. The lowest BCUT2D eigenvalue weighted by atomic mass is 9.90. The second kappa shape index (κ2) is 6.78. The number of carbonyl (C=O) groups excluding carboxylic acids is 1. The van der Waals surface area contributed by atoms with E-state index in [1.807, 2.05) is 48.3 Å². The van der Waals surface area contributed by atoms with Crippen molar-refractivity contribution in [1.29, 1.82) is 0 Å². The van der Waals surface area contributed by atoms with Crippen LogP contribution in [0.1, 0.15) is 44.4 Å². The fourth-order valence-electron chi connectivity index (χ4n) is 2.63. The second-order valence-electron chi connectivity index (χ2n) is 6.97. The highest BCUT2D eigenvalue weighted by Gasteiger charge is 2.26. The normalized spacial score (nSPS) is 11.5. The van der Waals surface area contributed by atoms with Crippen molar-refractivity contribution in [3.8, 4) is 0 Å². The number of benzene rings is 2. The quantitative estimate of drug-likeness (QED) is 0.802. The summed E-state index contributed by atoms with van der Waals surface area (Å²) in [6, 6.07) is 20.4. The molecule has 0 atom stereocenters. The van der Waals surface area contributed by atoms with Crippen LogP contribution in [-0.4, -0.2) is 17.9 Å². The molecule has 0 bridgehead atoms. The summed E-state index contributed by atoms with van der Waals surface area (Å²) < 4.78 is 0. The van der Waals surface area contributed by atoms with E-state index in [0.29, 0.717) is 6.42 Å². The van der Waals surface area contributed by atoms with Gasteiger partial charge in [-0.25, -0.2) is 0 Å². The number of carbonyl (C=O) groups is 1. The van der Waals surface area contributed by atoms with Gasteiger partial charge in [0.2, 0.25) is 5.91 Å². The molecule has 0 aliphatic rings. The van der Waals surface area contributed by atoms with E-state index in [9.17, 15) is 4.79 Å². The van der Waals surface area contributed by atoms with Gasteiger partial charge in [-0.2, -0.15) is 0 Å². The van der Waals surface area contributed by atoms with E-state index in [4.69, 9.17) is 0 Å². The molecule has 0 aliphatic carbocycles. The summed E-state index contributed by atoms with van der Waals surface area (Å²) in [7, 11) is 1.90. The SMILES string of the molecule is CN(C(=O)CC(C)(C)C)C(c1ccccc1)c1ccccc1. The van der Waals surface area contributed by atoms with Gasteiger partial charge in [-0.1, -0.05) is 81.4 Å². The highest BCUT2D eigenvalue weighted by atomic mass is 16.2. The topological polar surface area (TPSA) is 20.3 Å². The maximum absolute atomic E-state index is 12.7. The molecular weight excluding hydrogens is 270 g/mol. The lowest BCUT2D eigenvalue weighted by Crippen LogP contribution is -2.34. The molecule has 0 fully saturated rings. The molecule has 116 valence electrons. The van der Waals surface area contributed by atoms with Crippen LogP contribution >= 0.6 is 0 Å². The van der Waals surface area contributed by atoms with Gasteiger partial charge in [0.05, 0.1) is 6.04 Å². The van der Waals surface area contributed by atoms with Crippen LogP contribution < -0.4 is 0 Å². The summed E-state index contributed by atoms with van der Waals surface area (Å²) in [5.41, 5.74) is 2.26. The number of rotatable bonds is 4. The van der Waals surface area contributed by atoms with Crippen molar-refractivity contribution in [2.75, 3.05) is 7.05 Å². The molecular formula is C20H25NO. The molecule has 0 spiro atoms. The molecule has 2 aromatic rings. The molecule has 0 radical (unpaired) electrons. The first-order chi connectivity index (χ1) is 10.4. The van der Waals surface area contributed by atoms with Crippen molar-refractivity contribution in [2.24, 2.45) is 5.41 Å². The third-order valence-corrected chi connectivity index (χ3v) is 3.69. The molecule has 2 heteroatoms. The maximum atomic E-state index is 12.7. The fraction of sp³-hybridized carbons (Fsp3) is 0.350. The van der Waals surface area contributed by atoms with Crippen LogP contribution in [-0.2, 0) is 4.79 Å². The predicted molar refractivity (Wildman–Crippen MR) is 91.6 cm³/mol. The van der Waals surface area contributed by atoms with Gasteiger partial charge in [-0.3, -0.25) is 4.79 Å². The molecule has 0 saturated heterocycles. The van der Waals surface area contributed by atoms with E-state index in [1.165, 1.54) is 0 Å². The van der Waals surface area contributed by atoms with Crippen LogP contribution in [0.15, 0.2) is 60.7 Å². The van der Waals surface area contributed by atoms with E-state index in [2.05, 4.69) is 45.0 Å². The molecule has 0 saturated carbocycles. The summed E-state index contributed by atoms with van der Waals surface area (Å²) in [5.74, 6) is 0.171. The average molecular weight is 295 g/mol. The number of hydrogen-bond donors (Lipinski definition) is 0. The van der Waals surface area contributed by atoms with Crippen LogP contribution in [0.2, 0.25) is 0 Å². The van der Waals surface area contributed by atoms with E-state index < -0.39 is 0 Å². The summed E-state index contributed by atoms with van der Waals surface area (Å²) in [6.07, 6.45) is 0.541. The Hall–Kier alpha value is -2.09. The first-order valence-electron chi connectivity index (χ1n) is 7.74. The summed E-state index contributed by atoms with van der Waals surface area (Å²) in [5, 5.41) is 0. The Balaban J connectivity index is 2.35. The van der Waals surface area contributed by atoms with Crippen molar-refractivity contribution < 1.29 is 4.79 Å². The van der Waals surface area contributed by atoms with Crippen LogP contribution in [0.3, 0.4) is 0 Å². The molecule has 2 rings (SSSR count). The first kappa shape index (κ1) is 16.3. The van der Waals surface area contributed by atoms with Crippen molar-refractivity contribution in [2.45, 2.75) is 33.2 Å².